The van der Waals surface area contributed by atoms with Crippen molar-refractivity contribution in [1.82, 2.24) is 14.9 Å². The summed E-state index contributed by atoms with van der Waals surface area (Å²) >= 11 is 0. The van der Waals surface area contributed by atoms with Gasteiger partial charge in [0.15, 0.2) is 9.84 Å². The molecule has 8 nitrogen and oxygen atoms in total. The van der Waals surface area contributed by atoms with E-state index in [0.29, 0.717) is 16.2 Å². The maximum absolute atomic E-state index is 13.0. The number of alkyl halides is 3. The first-order valence-corrected chi connectivity index (χ1v) is 10.9. The van der Waals surface area contributed by atoms with Gasteiger partial charge >= 0.3 is 11.9 Å². The van der Waals surface area contributed by atoms with Crippen molar-refractivity contribution in [2.45, 2.75) is 17.6 Å². The van der Waals surface area contributed by atoms with Gasteiger partial charge in [-0.05, 0) is 35.9 Å². The van der Waals surface area contributed by atoms with Gasteiger partial charge < -0.3 is 10.3 Å². The highest BCUT2D eigenvalue weighted by atomic mass is 32.2. The summed E-state index contributed by atoms with van der Waals surface area (Å²) < 4.78 is 62.3. The molecular weight excluding hydrogens is 451 g/mol. The Morgan fingerprint density at radius 3 is 2.34 bits per heavy atom. The molecule has 2 N–H and O–H groups in total. The van der Waals surface area contributed by atoms with Crippen molar-refractivity contribution in [1.29, 1.82) is 0 Å². The quantitative estimate of drug-likeness (QED) is 0.594. The van der Waals surface area contributed by atoms with Gasteiger partial charge in [0.2, 0.25) is 0 Å². The number of aromatic nitrogens is 2. The normalized spacial score (nSPS) is 11.9. The van der Waals surface area contributed by atoms with Gasteiger partial charge in [-0.3, -0.25) is 9.59 Å². The largest absolute Gasteiger partial charge is 0.416 e. The average molecular weight is 467 g/mol. The number of aromatic amines is 1. The minimum Gasteiger partial charge on any atom is -0.348 e. The summed E-state index contributed by atoms with van der Waals surface area (Å²) in [6, 6.07) is 9.26. The van der Waals surface area contributed by atoms with Crippen LogP contribution in [0.25, 0.3) is 5.69 Å². The van der Waals surface area contributed by atoms with E-state index in [2.05, 4.69) is 10.3 Å². The van der Waals surface area contributed by atoms with Crippen molar-refractivity contribution < 1.29 is 26.4 Å². The Hall–Kier alpha value is -3.67. The summed E-state index contributed by atoms with van der Waals surface area (Å²) in [5.74, 6) is -0.876. The van der Waals surface area contributed by atoms with Gasteiger partial charge in [-0.15, -0.1) is 0 Å². The number of rotatable bonds is 5. The number of amides is 1. The third-order valence-corrected chi connectivity index (χ3v) is 5.59. The number of carbonyl (C=O) groups is 1. The molecule has 2 aromatic carbocycles. The molecule has 0 aliphatic rings. The number of halogens is 3. The van der Waals surface area contributed by atoms with Crippen molar-refractivity contribution in [3.63, 3.8) is 0 Å². The van der Waals surface area contributed by atoms with Crippen molar-refractivity contribution in [3.8, 4) is 5.69 Å². The van der Waals surface area contributed by atoms with Crippen molar-refractivity contribution >= 4 is 15.7 Å². The average Bonchev–Trinajstić information content (AvgIpc) is 2.71. The first kappa shape index (κ1) is 23.0. The van der Waals surface area contributed by atoms with Crippen LogP contribution in [-0.4, -0.2) is 30.1 Å². The van der Waals surface area contributed by atoms with Gasteiger partial charge in [-0.1, -0.05) is 18.2 Å². The molecule has 0 aliphatic heterocycles. The first-order valence-electron chi connectivity index (χ1n) is 8.97. The van der Waals surface area contributed by atoms with E-state index in [-0.39, 0.29) is 17.1 Å². The zero-order valence-electron chi connectivity index (χ0n) is 16.4. The number of sulfone groups is 1. The summed E-state index contributed by atoms with van der Waals surface area (Å²) in [6.07, 6.45) is -2.76. The van der Waals surface area contributed by atoms with E-state index in [4.69, 9.17) is 0 Å². The van der Waals surface area contributed by atoms with Crippen LogP contribution in [0.1, 0.15) is 21.5 Å². The zero-order valence-corrected chi connectivity index (χ0v) is 17.3. The van der Waals surface area contributed by atoms with E-state index in [0.717, 1.165) is 30.7 Å². The van der Waals surface area contributed by atoms with Crippen LogP contribution in [0, 0.1) is 0 Å². The molecule has 3 aromatic rings. The molecule has 0 bridgehead atoms. The molecule has 0 aliphatic carbocycles. The third-order valence-electron chi connectivity index (χ3n) is 4.46. The lowest BCUT2D eigenvalue weighted by Crippen LogP contribution is -2.39. The van der Waals surface area contributed by atoms with E-state index in [9.17, 15) is 36.0 Å². The number of nitrogens with zero attached hydrogens (tertiary/aromatic N) is 1. The minimum atomic E-state index is -4.69. The molecule has 1 heterocycles. The number of H-pyrrole nitrogens is 1. The van der Waals surface area contributed by atoms with Crippen LogP contribution in [0.5, 0.6) is 0 Å². The van der Waals surface area contributed by atoms with Crippen LogP contribution >= 0.6 is 0 Å². The molecule has 3 rings (SSSR count). The Balaban J connectivity index is 1.88. The molecule has 168 valence electrons. The zero-order chi connectivity index (χ0) is 23.7. The van der Waals surface area contributed by atoms with Gasteiger partial charge in [0, 0.05) is 19.0 Å². The van der Waals surface area contributed by atoms with Crippen molar-refractivity contribution in [2.75, 3.05) is 6.26 Å². The maximum atomic E-state index is 13.0. The summed E-state index contributed by atoms with van der Waals surface area (Å²) in [4.78, 5) is 39.5. The molecule has 0 saturated heterocycles. The summed E-state index contributed by atoms with van der Waals surface area (Å²) in [5, 5.41) is 2.44. The molecule has 0 spiro atoms. The number of hydrogen-bond acceptors (Lipinski definition) is 5. The van der Waals surface area contributed by atoms with Crippen LogP contribution in [0.2, 0.25) is 0 Å². The van der Waals surface area contributed by atoms with E-state index in [1.807, 2.05) is 0 Å². The van der Waals surface area contributed by atoms with Crippen molar-refractivity contribution in [3.05, 3.63) is 92.3 Å². The molecular formula is C20H16F3N3O5S. The van der Waals surface area contributed by atoms with E-state index in [1.165, 1.54) is 24.3 Å². The second-order valence-corrected chi connectivity index (χ2v) is 8.81. The third kappa shape index (κ3) is 4.97. The molecule has 0 fully saturated rings. The number of nitrogens with one attached hydrogen (secondary N) is 2. The maximum Gasteiger partial charge on any atom is 0.416 e. The molecule has 0 unspecified atom stereocenters. The van der Waals surface area contributed by atoms with Gasteiger partial charge in [0.1, 0.15) is 5.56 Å². The van der Waals surface area contributed by atoms with Crippen LogP contribution in [0.15, 0.2) is 69.2 Å². The summed E-state index contributed by atoms with van der Waals surface area (Å²) in [5.41, 5.74) is -3.48. The van der Waals surface area contributed by atoms with Gasteiger partial charge in [0.05, 0.1) is 16.1 Å². The molecule has 1 aromatic heterocycles. The molecule has 1 amide bonds. The van der Waals surface area contributed by atoms with Gasteiger partial charge in [-0.2, -0.15) is 13.2 Å². The van der Waals surface area contributed by atoms with Crippen LogP contribution < -0.4 is 16.6 Å². The molecule has 0 radical (unpaired) electrons. The SMILES string of the molecule is CS(=O)(=O)c1ccc(CNC(=O)c2c[nH]c(=O)n(-c3cccc(C(F)(F)F)c3)c2=O)cc1. The highest BCUT2D eigenvalue weighted by Gasteiger charge is 2.31. The van der Waals surface area contributed by atoms with Crippen LogP contribution in [-0.2, 0) is 22.6 Å². The minimum absolute atomic E-state index is 0.0645. The summed E-state index contributed by atoms with van der Waals surface area (Å²) in [6.45, 7) is -0.0645. The Morgan fingerprint density at radius 1 is 1.09 bits per heavy atom. The first-order chi connectivity index (χ1) is 14.9. The number of carbonyl (C=O) groups excluding carboxylic acids is 1. The van der Waals surface area contributed by atoms with E-state index >= 15 is 0 Å². The molecule has 32 heavy (non-hydrogen) atoms. The highest BCUT2D eigenvalue weighted by molar-refractivity contribution is 7.90. The molecule has 0 saturated carbocycles. The van der Waals surface area contributed by atoms with E-state index in [1.54, 1.807) is 0 Å². The van der Waals surface area contributed by atoms with Gasteiger partial charge in [-0.25, -0.2) is 17.8 Å². The number of hydrogen-bond donors (Lipinski definition) is 2. The standard InChI is InChI=1S/C20H16F3N3O5S/c1-32(30,31)15-7-5-12(6-8-15)10-24-17(27)16-11-25-19(29)26(18(16)28)14-4-2-3-13(9-14)20(21,22)23/h2-9,11H,10H2,1H3,(H,24,27)(H,25,29). The van der Waals surface area contributed by atoms with Crippen LogP contribution in [0.4, 0.5) is 13.2 Å². The Bertz CT molecular complexity index is 1390. The topological polar surface area (TPSA) is 118 Å². The molecule has 0 atom stereocenters. The summed E-state index contributed by atoms with van der Waals surface area (Å²) in [7, 11) is -3.38. The fourth-order valence-electron chi connectivity index (χ4n) is 2.82. The van der Waals surface area contributed by atoms with Crippen molar-refractivity contribution in [2.24, 2.45) is 0 Å². The van der Waals surface area contributed by atoms with Crippen LogP contribution in [0.3, 0.4) is 0 Å². The van der Waals surface area contributed by atoms with E-state index < -0.39 is 44.3 Å². The lowest BCUT2D eigenvalue weighted by molar-refractivity contribution is -0.137. The predicted octanol–water partition coefficient (Wildman–Crippen LogP) is 1.88. The Morgan fingerprint density at radius 2 is 1.75 bits per heavy atom. The Kier molecular flexibility index (Phi) is 6.08. The lowest BCUT2D eigenvalue weighted by Gasteiger charge is -2.11. The predicted molar refractivity (Wildman–Crippen MR) is 108 cm³/mol. The highest BCUT2D eigenvalue weighted by Crippen LogP contribution is 2.29. The number of benzene rings is 2. The second kappa shape index (κ2) is 8.46. The van der Waals surface area contributed by atoms with Gasteiger partial charge in [0.25, 0.3) is 11.5 Å². The Labute approximate surface area is 179 Å². The second-order valence-electron chi connectivity index (χ2n) is 6.79. The fourth-order valence-corrected chi connectivity index (χ4v) is 3.45. The fraction of sp³-hybridized carbons (Fsp3) is 0.150. The lowest BCUT2D eigenvalue weighted by atomic mass is 10.2. The molecule has 12 heteroatoms. The smallest absolute Gasteiger partial charge is 0.348 e. The monoisotopic (exact) mass is 467 g/mol.